The van der Waals surface area contributed by atoms with Crippen molar-refractivity contribution in [1.82, 2.24) is 5.16 Å². The molecule has 1 aromatic carbocycles. The Morgan fingerprint density at radius 3 is 3.25 bits per heavy atom. The molecular formula is C8H5NO3. The molecule has 0 amide bonds. The van der Waals surface area contributed by atoms with Crippen LogP contribution in [0.3, 0.4) is 0 Å². The summed E-state index contributed by atoms with van der Waals surface area (Å²) in [4.78, 5) is 0. The van der Waals surface area contributed by atoms with Crippen molar-refractivity contribution in [3.63, 3.8) is 0 Å². The molecule has 0 aliphatic carbocycles. The largest absolute Gasteiger partial charge is 0.454 e. The molecule has 60 valence electrons. The first-order chi connectivity index (χ1) is 5.95. The first-order valence-corrected chi connectivity index (χ1v) is 3.58. The summed E-state index contributed by atoms with van der Waals surface area (Å²) in [5.74, 6) is 1.41. The maximum absolute atomic E-state index is 5.23. The SMILES string of the molecule is c1cc2conc2c2c1OCO2. The molecule has 0 atom stereocenters. The van der Waals surface area contributed by atoms with E-state index in [4.69, 9.17) is 14.0 Å². The molecule has 0 N–H and O–H groups in total. The maximum atomic E-state index is 5.23. The topological polar surface area (TPSA) is 44.5 Å². The van der Waals surface area contributed by atoms with E-state index in [9.17, 15) is 0 Å². The first kappa shape index (κ1) is 5.88. The van der Waals surface area contributed by atoms with Crippen LogP contribution in [0.1, 0.15) is 0 Å². The second-order valence-electron chi connectivity index (χ2n) is 2.55. The molecule has 2 aromatic rings. The van der Waals surface area contributed by atoms with Gasteiger partial charge in [0.2, 0.25) is 6.79 Å². The lowest BCUT2D eigenvalue weighted by atomic mass is 10.2. The van der Waals surface area contributed by atoms with Gasteiger partial charge in [0.15, 0.2) is 17.0 Å². The second-order valence-corrected chi connectivity index (χ2v) is 2.55. The fourth-order valence-corrected chi connectivity index (χ4v) is 1.30. The third-order valence-electron chi connectivity index (χ3n) is 1.87. The van der Waals surface area contributed by atoms with E-state index in [1.807, 2.05) is 12.1 Å². The average molecular weight is 163 g/mol. The highest BCUT2D eigenvalue weighted by Gasteiger charge is 2.18. The molecule has 4 nitrogen and oxygen atoms in total. The summed E-state index contributed by atoms with van der Waals surface area (Å²) in [6, 6.07) is 3.74. The molecule has 0 radical (unpaired) electrons. The minimum absolute atomic E-state index is 0.265. The Labute approximate surface area is 67.7 Å². The van der Waals surface area contributed by atoms with Crippen LogP contribution in [0.4, 0.5) is 0 Å². The van der Waals surface area contributed by atoms with E-state index in [-0.39, 0.29) is 6.79 Å². The van der Waals surface area contributed by atoms with Crippen molar-refractivity contribution in [2.45, 2.75) is 0 Å². The predicted octanol–water partition coefficient (Wildman–Crippen LogP) is 1.56. The molecule has 2 heterocycles. The predicted molar refractivity (Wildman–Crippen MR) is 40.1 cm³/mol. The van der Waals surface area contributed by atoms with Crippen LogP contribution in [0.2, 0.25) is 0 Å². The summed E-state index contributed by atoms with van der Waals surface area (Å²) in [5, 5.41) is 4.74. The van der Waals surface area contributed by atoms with Crippen LogP contribution in [-0.2, 0) is 0 Å². The number of rotatable bonds is 0. The van der Waals surface area contributed by atoms with E-state index in [1.54, 1.807) is 6.26 Å². The number of nitrogens with zero attached hydrogens (tertiary/aromatic N) is 1. The van der Waals surface area contributed by atoms with Crippen LogP contribution in [0, 0.1) is 0 Å². The Morgan fingerprint density at radius 2 is 2.25 bits per heavy atom. The van der Waals surface area contributed by atoms with Gasteiger partial charge in [-0.2, -0.15) is 0 Å². The van der Waals surface area contributed by atoms with Gasteiger partial charge in [-0.25, -0.2) is 0 Å². The quantitative estimate of drug-likeness (QED) is 0.591. The molecule has 4 heteroatoms. The number of aromatic nitrogens is 1. The number of fused-ring (bicyclic) bond motifs is 3. The third kappa shape index (κ3) is 0.592. The van der Waals surface area contributed by atoms with Crippen LogP contribution >= 0.6 is 0 Å². The van der Waals surface area contributed by atoms with Crippen LogP contribution in [-0.4, -0.2) is 11.9 Å². The van der Waals surface area contributed by atoms with Gasteiger partial charge in [-0.05, 0) is 12.1 Å². The first-order valence-electron chi connectivity index (χ1n) is 3.58. The third-order valence-corrected chi connectivity index (χ3v) is 1.87. The van der Waals surface area contributed by atoms with E-state index in [2.05, 4.69) is 5.16 Å². The minimum Gasteiger partial charge on any atom is -0.454 e. The molecule has 0 fully saturated rings. The van der Waals surface area contributed by atoms with Crippen molar-refractivity contribution < 1.29 is 14.0 Å². The molecule has 3 rings (SSSR count). The molecular weight excluding hydrogens is 158 g/mol. The summed E-state index contributed by atoms with van der Waals surface area (Å²) in [6.45, 7) is 0.265. The van der Waals surface area contributed by atoms with Gasteiger partial charge in [0.1, 0.15) is 6.26 Å². The van der Waals surface area contributed by atoms with Crippen LogP contribution in [0.25, 0.3) is 10.9 Å². The smallest absolute Gasteiger partial charge is 0.231 e. The van der Waals surface area contributed by atoms with Crippen LogP contribution in [0.15, 0.2) is 22.9 Å². The molecule has 1 aliphatic rings. The molecule has 0 spiro atoms. The lowest BCUT2D eigenvalue weighted by molar-refractivity contribution is 0.174. The number of benzene rings is 1. The second kappa shape index (κ2) is 1.91. The number of hydrogen-bond donors (Lipinski definition) is 0. The lowest BCUT2D eigenvalue weighted by Crippen LogP contribution is -1.93. The van der Waals surface area contributed by atoms with Crippen molar-refractivity contribution in [3.05, 3.63) is 18.4 Å². The van der Waals surface area contributed by atoms with Crippen molar-refractivity contribution in [1.29, 1.82) is 0 Å². The van der Waals surface area contributed by atoms with Gasteiger partial charge < -0.3 is 14.0 Å². The molecule has 0 bridgehead atoms. The van der Waals surface area contributed by atoms with Crippen molar-refractivity contribution in [2.75, 3.05) is 6.79 Å². The zero-order valence-electron chi connectivity index (χ0n) is 6.11. The Balaban J connectivity index is 2.46. The fraction of sp³-hybridized carbons (Fsp3) is 0.125. The number of hydrogen-bond acceptors (Lipinski definition) is 4. The zero-order chi connectivity index (χ0) is 7.97. The van der Waals surface area contributed by atoms with E-state index >= 15 is 0 Å². The summed E-state index contributed by atoms with van der Waals surface area (Å²) in [7, 11) is 0. The standard InChI is InChI=1S/C8H5NO3/c1-2-6-8(11-4-10-6)7-5(1)3-12-9-7/h1-3H,4H2. The Hall–Kier alpha value is -1.71. The molecule has 0 saturated carbocycles. The molecule has 1 aliphatic heterocycles. The Morgan fingerprint density at radius 1 is 1.25 bits per heavy atom. The molecule has 1 aromatic heterocycles. The highest BCUT2D eigenvalue weighted by atomic mass is 16.7. The van der Waals surface area contributed by atoms with E-state index in [1.165, 1.54) is 0 Å². The van der Waals surface area contributed by atoms with E-state index in [0.29, 0.717) is 5.75 Å². The van der Waals surface area contributed by atoms with E-state index in [0.717, 1.165) is 16.7 Å². The summed E-state index contributed by atoms with van der Waals surface area (Å²) >= 11 is 0. The summed E-state index contributed by atoms with van der Waals surface area (Å²) in [5.41, 5.74) is 0.727. The van der Waals surface area contributed by atoms with Crippen LogP contribution < -0.4 is 9.47 Å². The lowest BCUT2D eigenvalue weighted by Gasteiger charge is -1.92. The number of ether oxygens (including phenoxy) is 2. The average Bonchev–Trinajstić information content (AvgIpc) is 2.71. The van der Waals surface area contributed by atoms with Gasteiger partial charge in [0, 0.05) is 5.39 Å². The monoisotopic (exact) mass is 163 g/mol. The minimum atomic E-state index is 0.265. The Bertz CT molecular complexity index is 435. The summed E-state index contributed by atoms with van der Waals surface area (Å²) in [6.07, 6.45) is 1.58. The van der Waals surface area contributed by atoms with Crippen molar-refractivity contribution >= 4 is 10.9 Å². The van der Waals surface area contributed by atoms with Gasteiger partial charge >= 0.3 is 0 Å². The normalized spacial score (nSPS) is 14.0. The van der Waals surface area contributed by atoms with Crippen LogP contribution in [0.5, 0.6) is 11.5 Å². The van der Waals surface area contributed by atoms with Crippen molar-refractivity contribution in [3.8, 4) is 11.5 Å². The summed E-state index contributed by atoms with van der Waals surface area (Å²) < 4.78 is 15.2. The van der Waals surface area contributed by atoms with Gasteiger partial charge in [-0.3, -0.25) is 0 Å². The highest BCUT2D eigenvalue weighted by Crippen LogP contribution is 2.37. The van der Waals surface area contributed by atoms with Crippen molar-refractivity contribution in [2.24, 2.45) is 0 Å². The highest BCUT2D eigenvalue weighted by molar-refractivity contribution is 5.86. The maximum Gasteiger partial charge on any atom is 0.231 e. The van der Waals surface area contributed by atoms with Gasteiger partial charge in [0.05, 0.1) is 0 Å². The fourth-order valence-electron chi connectivity index (χ4n) is 1.30. The molecule has 12 heavy (non-hydrogen) atoms. The van der Waals surface area contributed by atoms with E-state index < -0.39 is 0 Å². The Kier molecular flexibility index (Phi) is 0.935. The molecule has 0 saturated heterocycles. The van der Waals surface area contributed by atoms with Gasteiger partial charge in [-0.15, -0.1) is 0 Å². The van der Waals surface area contributed by atoms with Gasteiger partial charge in [-0.1, -0.05) is 5.16 Å². The molecule has 0 unspecified atom stereocenters. The van der Waals surface area contributed by atoms with Gasteiger partial charge in [0.25, 0.3) is 0 Å². The zero-order valence-corrected chi connectivity index (χ0v) is 6.11.